The minimum absolute atomic E-state index is 0.0537. The number of hydrogen-bond donors (Lipinski definition) is 1. The Kier molecular flexibility index (Phi) is 4.39. The van der Waals surface area contributed by atoms with Crippen molar-refractivity contribution in [3.05, 3.63) is 65.6 Å². The third kappa shape index (κ3) is 3.57. The van der Waals surface area contributed by atoms with Crippen molar-refractivity contribution in [3.8, 4) is 5.75 Å². The highest BCUT2D eigenvalue weighted by Gasteiger charge is 2.08. The van der Waals surface area contributed by atoms with Gasteiger partial charge in [-0.1, -0.05) is 29.8 Å². The summed E-state index contributed by atoms with van der Waals surface area (Å²) in [6.45, 7) is -0.190. The summed E-state index contributed by atoms with van der Waals surface area (Å²) >= 11 is 5.67. The van der Waals surface area contributed by atoms with Crippen LogP contribution in [0.5, 0.6) is 5.75 Å². The van der Waals surface area contributed by atoms with Crippen LogP contribution in [0.4, 0.5) is 10.1 Å². The van der Waals surface area contributed by atoms with Gasteiger partial charge in [0.1, 0.15) is 17.1 Å². The number of amides is 1. The van der Waals surface area contributed by atoms with Gasteiger partial charge < -0.3 is 10.1 Å². The number of aromatic nitrogens is 1. The van der Waals surface area contributed by atoms with Crippen LogP contribution in [0.1, 0.15) is 0 Å². The molecular weight excluding hydrogens is 319 g/mol. The van der Waals surface area contributed by atoms with E-state index in [4.69, 9.17) is 16.3 Å². The highest BCUT2D eigenvalue weighted by molar-refractivity contribution is 6.31. The Morgan fingerprint density at radius 3 is 2.87 bits per heavy atom. The van der Waals surface area contributed by atoms with Gasteiger partial charge in [0.15, 0.2) is 6.61 Å². The number of rotatable bonds is 4. The van der Waals surface area contributed by atoms with Gasteiger partial charge >= 0.3 is 0 Å². The zero-order valence-electron chi connectivity index (χ0n) is 11.9. The van der Waals surface area contributed by atoms with Crippen molar-refractivity contribution < 1.29 is 13.9 Å². The summed E-state index contributed by atoms with van der Waals surface area (Å²) in [4.78, 5) is 16.2. The van der Waals surface area contributed by atoms with E-state index in [-0.39, 0.29) is 17.5 Å². The molecule has 2 aromatic carbocycles. The fourth-order valence-electron chi connectivity index (χ4n) is 2.11. The average molecular weight is 331 g/mol. The van der Waals surface area contributed by atoms with Gasteiger partial charge in [-0.25, -0.2) is 4.39 Å². The largest absolute Gasteiger partial charge is 0.481 e. The number of anilines is 1. The third-order valence-corrected chi connectivity index (χ3v) is 3.45. The Bertz CT molecular complexity index is 865. The summed E-state index contributed by atoms with van der Waals surface area (Å²) in [5.41, 5.74) is 1.09. The first-order chi connectivity index (χ1) is 11.1. The Morgan fingerprint density at radius 2 is 2.04 bits per heavy atom. The van der Waals surface area contributed by atoms with Gasteiger partial charge in [0.05, 0.1) is 5.02 Å². The molecule has 0 fully saturated rings. The number of fused-ring (bicyclic) bond motifs is 1. The molecule has 1 N–H and O–H groups in total. The summed E-state index contributed by atoms with van der Waals surface area (Å²) in [5, 5.41) is 3.47. The molecule has 0 atom stereocenters. The number of halogens is 2. The highest BCUT2D eigenvalue weighted by Crippen LogP contribution is 2.23. The van der Waals surface area contributed by atoms with Crippen molar-refractivity contribution >= 4 is 34.1 Å². The SMILES string of the molecule is O=C(COc1cccc2cccnc12)Nc1ccc(F)c(Cl)c1. The number of pyridine rings is 1. The van der Waals surface area contributed by atoms with Gasteiger partial charge in [0.2, 0.25) is 0 Å². The number of carbonyl (C=O) groups excluding carboxylic acids is 1. The van der Waals surface area contributed by atoms with Crippen LogP contribution >= 0.6 is 11.6 Å². The first-order valence-corrected chi connectivity index (χ1v) is 7.23. The molecule has 1 heterocycles. The first-order valence-electron chi connectivity index (χ1n) is 6.85. The average Bonchev–Trinajstić information content (AvgIpc) is 2.56. The number of para-hydroxylation sites is 1. The Balaban J connectivity index is 1.67. The minimum Gasteiger partial charge on any atom is -0.481 e. The molecule has 3 rings (SSSR count). The van der Waals surface area contributed by atoms with Crippen LogP contribution in [-0.4, -0.2) is 17.5 Å². The van der Waals surface area contributed by atoms with E-state index in [0.29, 0.717) is 17.0 Å². The molecule has 0 aliphatic carbocycles. The van der Waals surface area contributed by atoms with Crippen LogP contribution in [0.2, 0.25) is 5.02 Å². The number of nitrogens with zero attached hydrogens (tertiary/aromatic N) is 1. The van der Waals surface area contributed by atoms with Crippen molar-refractivity contribution in [2.75, 3.05) is 11.9 Å². The van der Waals surface area contributed by atoms with Gasteiger partial charge in [-0.3, -0.25) is 9.78 Å². The normalized spacial score (nSPS) is 10.5. The smallest absolute Gasteiger partial charge is 0.262 e. The first kappa shape index (κ1) is 15.2. The van der Waals surface area contributed by atoms with Crippen molar-refractivity contribution in [1.82, 2.24) is 4.98 Å². The monoisotopic (exact) mass is 330 g/mol. The lowest BCUT2D eigenvalue weighted by molar-refractivity contribution is -0.118. The second-order valence-corrected chi connectivity index (χ2v) is 5.20. The Labute approximate surface area is 136 Å². The molecule has 6 heteroatoms. The van der Waals surface area contributed by atoms with Crippen LogP contribution in [0.3, 0.4) is 0 Å². The maximum Gasteiger partial charge on any atom is 0.262 e. The summed E-state index contributed by atoms with van der Waals surface area (Å²) in [6.07, 6.45) is 1.66. The lowest BCUT2D eigenvalue weighted by atomic mass is 10.2. The van der Waals surface area contributed by atoms with Crippen LogP contribution in [0.25, 0.3) is 10.9 Å². The fourth-order valence-corrected chi connectivity index (χ4v) is 2.29. The predicted octanol–water partition coefficient (Wildman–Crippen LogP) is 4.04. The number of carbonyl (C=O) groups is 1. The minimum atomic E-state index is -0.539. The van der Waals surface area contributed by atoms with E-state index in [1.54, 1.807) is 12.3 Å². The quantitative estimate of drug-likeness (QED) is 0.785. The van der Waals surface area contributed by atoms with E-state index in [1.165, 1.54) is 18.2 Å². The molecule has 0 unspecified atom stereocenters. The van der Waals surface area contributed by atoms with E-state index in [0.717, 1.165) is 5.39 Å². The molecule has 1 amide bonds. The molecule has 0 saturated carbocycles. The van der Waals surface area contributed by atoms with Gasteiger partial charge in [0.25, 0.3) is 5.91 Å². The molecule has 1 aromatic heterocycles. The van der Waals surface area contributed by atoms with E-state index in [1.807, 2.05) is 24.3 Å². The van der Waals surface area contributed by atoms with Gasteiger partial charge in [-0.05, 0) is 30.3 Å². The maximum atomic E-state index is 13.1. The zero-order valence-corrected chi connectivity index (χ0v) is 12.7. The molecule has 23 heavy (non-hydrogen) atoms. The number of nitrogens with one attached hydrogen (secondary N) is 1. The van der Waals surface area contributed by atoms with E-state index in [9.17, 15) is 9.18 Å². The van der Waals surface area contributed by atoms with Crippen LogP contribution < -0.4 is 10.1 Å². The van der Waals surface area contributed by atoms with Crippen LogP contribution in [0.15, 0.2) is 54.7 Å². The second kappa shape index (κ2) is 6.62. The Morgan fingerprint density at radius 1 is 1.22 bits per heavy atom. The van der Waals surface area contributed by atoms with Crippen molar-refractivity contribution in [3.63, 3.8) is 0 Å². The summed E-state index contributed by atoms with van der Waals surface area (Å²) in [7, 11) is 0. The van der Waals surface area contributed by atoms with Crippen molar-refractivity contribution in [2.45, 2.75) is 0 Å². The number of ether oxygens (including phenoxy) is 1. The standard InChI is InChI=1S/C17H12ClFN2O2/c18-13-9-12(6-7-14(13)19)21-16(22)10-23-15-5-1-3-11-4-2-8-20-17(11)15/h1-9H,10H2,(H,21,22). The Hall–Kier alpha value is -2.66. The topological polar surface area (TPSA) is 51.2 Å². The lowest BCUT2D eigenvalue weighted by Gasteiger charge is -2.09. The maximum absolute atomic E-state index is 13.1. The number of benzene rings is 2. The van der Waals surface area contributed by atoms with Crippen LogP contribution in [-0.2, 0) is 4.79 Å². The summed E-state index contributed by atoms with van der Waals surface area (Å²) in [6, 6.07) is 13.2. The fraction of sp³-hybridized carbons (Fsp3) is 0.0588. The van der Waals surface area contributed by atoms with Gasteiger partial charge in [0, 0.05) is 17.3 Å². The molecule has 3 aromatic rings. The molecular formula is C17H12ClFN2O2. The molecule has 0 radical (unpaired) electrons. The summed E-state index contributed by atoms with van der Waals surface area (Å²) < 4.78 is 18.6. The summed E-state index contributed by atoms with van der Waals surface area (Å²) in [5.74, 6) is -0.390. The van der Waals surface area contributed by atoms with Gasteiger partial charge in [-0.15, -0.1) is 0 Å². The number of hydrogen-bond acceptors (Lipinski definition) is 3. The molecule has 0 bridgehead atoms. The van der Waals surface area contributed by atoms with E-state index in [2.05, 4.69) is 10.3 Å². The molecule has 0 aliphatic heterocycles. The third-order valence-electron chi connectivity index (χ3n) is 3.16. The van der Waals surface area contributed by atoms with Crippen molar-refractivity contribution in [1.29, 1.82) is 0 Å². The van der Waals surface area contributed by atoms with E-state index < -0.39 is 5.82 Å². The van der Waals surface area contributed by atoms with Crippen LogP contribution in [0, 0.1) is 5.82 Å². The highest BCUT2D eigenvalue weighted by atomic mass is 35.5. The van der Waals surface area contributed by atoms with Gasteiger partial charge in [-0.2, -0.15) is 0 Å². The van der Waals surface area contributed by atoms with E-state index >= 15 is 0 Å². The molecule has 0 aliphatic rings. The second-order valence-electron chi connectivity index (χ2n) is 4.80. The molecule has 4 nitrogen and oxygen atoms in total. The predicted molar refractivity (Wildman–Crippen MR) is 87.3 cm³/mol. The lowest BCUT2D eigenvalue weighted by Crippen LogP contribution is -2.20. The molecule has 116 valence electrons. The van der Waals surface area contributed by atoms with Crippen molar-refractivity contribution in [2.24, 2.45) is 0 Å². The molecule has 0 spiro atoms. The zero-order chi connectivity index (χ0) is 16.2. The molecule has 0 saturated heterocycles.